The number of methoxy groups -OCH3 is 2. The van der Waals surface area contributed by atoms with Gasteiger partial charge in [0.1, 0.15) is 5.69 Å². The third kappa shape index (κ3) is 5.62. The van der Waals surface area contributed by atoms with Gasteiger partial charge in [0.15, 0.2) is 28.9 Å². The zero-order chi connectivity index (χ0) is 29.9. The lowest BCUT2D eigenvalue weighted by Gasteiger charge is -2.07. The topological polar surface area (TPSA) is 92.8 Å². The average Bonchev–Trinajstić information content (AvgIpc) is 3.72. The number of para-hydroxylation sites is 1. The number of thiazole rings is 1. The highest BCUT2D eigenvalue weighted by Crippen LogP contribution is 2.29. The molecule has 11 heteroatoms. The highest BCUT2D eigenvalue weighted by Gasteiger charge is 2.16. The summed E-state index contributed by atoms with van der Waals surface area (Å²) >= 11 is 1.21. The van der Waals surface area contributed by atoms with Gasteiger partial charge in [-0.2, -0.15) is 14.6 Å². The molecule has 3 heterocycles. The van der Waals surface area contributed by atoms with Crippen LogP contribution in [0.4, 0.5) is 4.39 Å². The Labute approximate surface area is 249 Å². The minimum Gasteiger partial charge on any atom is -0.493 e. The van der Waals surface area contributed by atoms with Gasteiger partial charge in [-0.25, -0.2) is 9.07 Å². The first-order valence-corrected chi connectivity index (χ1v) is 14.2. The minimum atomic E-state index is -0.489. The number of ether oxygens (including phenoxy) is 3. The van der Waals surface area contributed by atoms with Crippen molar-refractivity contribution in [1.29, 1.82) is 0 Å². The Morgan fingerprint density at radius 2 is 1.72 bits per heavy atom. The van der Waals surface area contributed by atoms with Crippen LogP contribution in [0.15, 0.2) is 77.7 Å². The summed E-state index contributed by atoms with van der Waals surface area (Å²) in [4.78, 5) is 18.3. The third-order valence-corrected chi connectivity index (χ3v) is 7.54. The van der Waals surface area contributed by atoms with Crippen LogP contribution < -0.4 is 24.3 Å². The summed E-state index contributed by atoms with van der Waals surface area (Å²) in [6.45, 7) is 2.15. The van der Waals surface area contributed by atoms with E-state index in [1.807, 2.05) is 60.8 Å². The van der Waals surface area contributed by atoms with Crippen molar-refractivity contribution in [2.45, 2.75) is 6.92 Å². The van der Waals surface area contributed by atoms with Gasteiger partial charge in [-0.3, -0.25) is 4.79 Å². The smallest absolute Gasteiger partial charge is 0.291 e. The fourth-order valence-corrected chi connectivity index (χ4v) is 5.44. The van der Waals surface area contributed by atoms with Crippen molar-refractivity contribution in [3.63, 3.8) is 0 Å². The van der Waals surface area contributed by atoms with Crippen LogP contribution in [0, 0.1) is 5.82 Å². The van der Waals surface area contributed by atoms with E-state index < -0.39 is 5.82 Å². The molecule has 0 aliphatic rings. The molecule has 0 radical (unpaired) electrons. The van der Waals surface area contributed by atoms with Gasteiger partial charge >= 0.3 is 0 Å². The maximum absolute atomic E-state index is 14.8. The van der Waals surface area contributed by atoms with Crippen LogP contribution in [0.3, 0.4) is 0 Å². The highest BCUT2D eigenvalue weighted by molar-refractivity contribution is 7.15. The number of hydrogen-bond acceptors (Lipinski definition) is 8. The highest BCUT2D eigenvalue weighted by atomic mass is 32.1. The van der Waals surface area contributed by atoms with E-state index in [0.29, 0.717) is 50.2 Å². The van der Waals surface area contributed by atoms with E-state index in [9.17, 15) is 9.18 Å². The Kier molecular flexibility index (Phi) is 7.71. The van der Waals surface area contributed by atoms with E-state index in [1.165, 1.54) is 21.9 Å². The molecule has 0 fully saturated rings. The summed E-state index contributed by atoms with van der Waals surface area (Å²) in [5.41, 5.74) is 3.09. The second kappa shape index (κ2) is 11.9. The molecule has 0 bridgehead atoms. The van der Waals surface area contributed by atoms with Crippen molar-refractivity contribution in [3.8, 4) is 34.2 Å². The van der Waals surface area contributed by atoms with E-state index in [2.05, 4.69) is 10.1 Å². The molecule has 0 spiro atoms. The number of halogens is 1. The van der Waals surface area contributed by atoms with E-state index >= 15 is 0 Å². The molecule has 3 aromatic carbocycles. The van der Waals surface area contributed by atoms with Crippen molar-refractivity contribution >= 4 is 34.5 Å². The second-order valence-corrected chi connectivity index (χ2v) is 10.3. The molecule has 0 aliphatic carbocycles. The molecule has 0 saturated carbocycles. The molecule has 0 unspecified atom stereocenters. The predicted molar refractivity (Wildman–Crippen MR) is 165 cm³/mol. The van der Waals surface area contributed by atoms with Crippen molar-refractivity contribution in [3.05, 3.63) is 111 Å². The number of benzene rings is 3. The largest absolute Gasteiger partial charge is 0.493 e. The number of rotatable bonds is 9. The van der Waals surface area contributed by atoms with E-state index in [4.69, 9.17) is 19.3 Å². The quantitative estimate of drug-likeness (QED) is 0.225. The third-order valence-electron chi connectivity index (χ3n) is 6.59. The Balaban J connectivity index is 1.37. The molecule has 0 saturated heterocycles. The molecule has 216 valence electrons. The maximum atomic E-state index is 14.8. The fourth-order valence-electron chi connectivity index (χ4n) is 4.54. The van der Waals surface area contributed by atoms with Gasteiger partial charge < -0.3 is 14.2 Å². The molecule has 9 nitrogen and oxygen atoms in total. The Morgan fingerprint density at radius 1 is 0.930 bits per heavy atom. The van der Waals surface area contributed by atoms with Gasteiger partial charge in [-0.15, -0.1) is 5.10 Å². The number of aromatic nitrogens is 5. The second-order valence-electron chi connectivity index (χ2n) is 9.32. The van der Waals surface area contributed by atoms with Crippen LogP contribution in [0.1, 0.15) is 23.9 Å². The Hall–Kier alpha value is -5.29. The predicted octanol–water partition coefficient (Wildman–Crippen LogP) is 5.28. The number of fused-ring (bicyclic) bond motifs is 1. The molecule has 0 atom stereocenters. The monoisotopic (exact) mass is 595 g/mol. The van der Waals surface area contributed by atoms with Crippen LogP contribution >= 0.6 is 11.3 Å². The molecular weight excluding hydrogens is 569 g/mol. The lowest BCUT2D eigenvalue weighted by molar-refractivity contribution is 0.321. The zero-order valence-corrected chi connectivity index (χ0v) is 24.3. The Morgan fingerprint density at radius 3 is 2.44 bits per heavy atom. The average molecular weight is 596 g/mol. The first-order valence-electron chi connectivity index (χ1n) is 13.4. The summed E-state index contributed by atoms with van der Waals surface area (Å²) in [5.74, 6) is 1.31. The standard InChI is InChI=1S/C32H26FN5O4S/c1-4-42-25-14-12-21(17-24(25)33)30-22(19-37(36-30)23-8-6-5-7-9-23)18-28-31(39)38-32(43-28)34-29(35-38)15-11-20-10-13-26(40-2)27(16-20)41-3/h5-19H,4H2,1-3H3/b15-11+,28-18-. The first-order chi connectivity index (χ1) is 21.0. The van der Waals surface area contributed by atoms with Crippen LogP contribution in [0.25, 0.3) is 40.1 Å². The first kappa shape index (κ1) is 27.9. The lowest BCUT2D eigenvalue weighted by Crippen LogP contribution is -2.23. The SMILES string of the molecule is CCOc1ccc(-c2nn(-c3ccccc3)cc2/C=c2\sc3nc(/C=C/c4ccc(OC)c(OC)c4)nn3c2=O)cc1F. The van der Waals surface area contributed by atoms with E-state index in [-0.39, 0.29) is 11.3 Å². The summed E-state index contributed by atoms with van der Waals surface area (Å²) in [6.07, 6.45) is 7.11. The van der Waals surface area contributed by atoms with E-state index in [1.54, 1.807) is 50.1 Å². The summed E-state index contributed by atoms with van der Waals surface area (Å²) < 4.78 is 34.2. The molecule has 6 aromatic rings. The van der Waals surface area contributed by atoms with Gasteiger partial charge in [0.2, 0.25) is 4.96 Å². The zero-order valence-electron chi connectivity index (χ0n) is 23.5. The molecule has 43 heavy (non-hydrogen) atoms. The molecular formula is C32H26FN5O4S. The summed E-state index contributed by atoms with van der Waals surface area (Å²) in [6, 6.07) is 19.8. The number of hydrogen-bond donors (Lipinski definition) is 0. The van der Waals surface area contributed by atoms with Crippen molar-refractivity contribution in [2.24, 2.45) is 0 Å². The van der Waals surface area contributed by atoms with Crippen molar-refractivity contribution < 1.29 is 18.6 Å². The fraction of sp³-hybridized carbons (Fsp3) is 0.125. The van der Waals surface area contributed by atoms with Crippen LogP contribution in [0.2, 0.25) is 0 Å². The molecule has 3 aromatic heterocycles. The lowest BCUT2D eigenvalue weighted by atomic mass is 10.1. The van der Waals surface area contributed by atoms with Crippen LogP contribution in [0.5, 0.6) is 17.2 Å². The molecule has 0 amide bonds. The van der Waals surface area contributed by atoms with Gasteiger partial charge in [0, 0.05) is 17.3 Å². The number of nitrogens with zero attached hydrogens (tertiary/aromatic N) is 5. The summed E-state index contributed by atoms with van der Waals surface area (Å²) in [5, 5.41) is 9.14. The van der Waals surface area contributed by atoms with Crippen molar-refractivity contribution in [2.75, 3.05) is 20.8 Å². The van der Waals surface area contributed by atoms with Crippen LogP contribution in [-0.2, 0) is 0 Å². The van der Waals surface area contributed by atoms with Crippen molar-refractivity contribution in [1.82, 2.24) is 24.4 Å². The van der Waals surface area contributed by atoms with Gasteiger partial charge in [0.25, 0.3) is 5.56 Å². The summed E-state index contributed by atoms with van der Waals surface area (Å²) in [7, 11) is 3.16. The van der Waals surface area contributed by atoms with Gasteiger partial charge in [-0.1, -0.05) is 41.7 Å². The molecule has 0 aliphatic heterocycles. The van der Waals surface area contributed by atoms with Gasteiger partial charge in [0.05, 0.1) is 31.0 Å². The normalized spacial score (nSPS) is 12.0. The van der Waals surface area contributed by atoms with Gasteiger partial charge in [-0.05, 0) is 67.1 Å². The molecule has 6 rings (SSSR count). The maximum Gasteiger partial charge on any atom is 0.291 e. The van der Waals surface area contributed by atoms with E-state index in [0.717, 1.165) is 11.3 Å². The van der Waals surface area contributed by atoms with Crippen LogP contribution in [-0.4, -0.2) is 45.2 Å². The minimum absolute atomic E-state index is 0.169. The Bertz CT molecular complexity index is 2070. The molecule has 0 N–H and O–H groups in total.